The van der Waals surface area contributed by atoms with Gasteiger partial charge in [-0.3, -0.25) is 0 Å². The average molecular weight is 291 g/mol. The summed E-state index contributed by atoms with van der Waals surface area (Å²) in [6.07, 6.45) is 1.09. The quantitative estimate of drug-likeness (QED) is 0.425. The summed E-state index contributed by atoms with van der Waals surface area (Å²) < 4.78 is 2.67. The van der Waals surface area contributed by atoms with Gasteiger partial charge >= 0.3 is 0 Å². The van der Waals surface area contributed by atoms with E-state index in [4.69, 9.17) is 0 Å². The molecule has 1 heterocycles. The van der Waals surface area contributed by atoms with Crippen molar-refractivity contribution in [1.29, 1.82) is 0 Å². The standard InChI is InChI=1S/C19H21NSi/c1-13-9-10-15-14(11-13)12-17-16-7-5-6-8-18(16)20(19(15)17)21(2,3)4/h5-11H,12H2,1-4H3. The molecule has 0 aliphatic heterocycles. The zero-order chi connectivity index (χ0) is 14.8. The highest BCUT2D eigenvalue weighted by atomic mass is 28.3. The highest BCUT2D eigenvalue weighted by molar-refractivity contribution is 6.75. The molecule has 0 spiro atoms. The van der Waals surface area contributed by atoms with Gasteiger partial charge in [-0.2, -0.15) is 0 Å². The zero-order valence-electron chi connectivity index (χ0n) is 13.2. The van der Waals surface area contributed by atoms with Gasteiger partial charge in [0.2, 0.25) is 0 Å². The largest absolute Gasteiger partial charge is 0.368 e. The van der Waals surface area contributed by atoms with Crippen molar-refractivity contribution in [2.75, 3.05) is 0 Å². The first-order valence-electron chi connectivity index (χ1n) is 7.69. The summed E-state index contributed by atoms with van der Waals surface area (Å²) in [6, 6.07) is 15.9. The van der Waals surface area contributed by atoms with Gasteiger partial charge < -0.3 is 4.23 Å². The van der Waals surface area contributed by atoms with Crippen LogP contribution in [0.25, 0.3) is 22.2 Å². The Morgan fingerprint density at radius 1 is 1.00 bits per heavy atom. The lowest BCUT2D eigenvalue weighted by atomic mass is 10.1. The molecular weight excluding hydrogens is 270 g/mol. The van der Waals surface area contributed by atoms with Gasteiger partial charge in [0.25, 0.3) is 0 Å². The molecule has 21 heavy (non-hydrogen) atoms. The fourth-order valence-electron chi connectivity index (χ4n) is 3.76. The summed E-state index contributed by atoms with van der Waals surface area (Å²) in [4.78, 5) is 0. The molecule has 3 aromatic rings. The van der Waals surface area contributed by atoms with E-state index in [1.165, 1.54) is 38.9 Å². The van der Waals surface area contributed by atoms with Gasteiger partial charge in [0.1, 0.15) is 0 Å². The van der Waals surface area contributed by atoms with Gasteiger partial charge in [-0.15, -0.1) is 0 Å². The molecule has 1 nitrogen and oxygen atoms in total. The molecule has 0 saturated heterocycles. The van der Waals surface area contributed by atoms with E-state index in [2.05, 4.69) is 73.3 Å². The Morgan fingerprint density at radius 2 is 1.76 bits per heavy atom. The molecule has 4 rings (SSSR count). The maximum atomic E-state index is 2.67. The third-order valence-electron chi connectivity index (χ3n) is 4.53. The molecule has 0 bridgehead atoms. The van der Waals surface area contributed by atoms with E-state index in [1.807, 2.05) is 0 Å². The molecule has 0 atom stereocenters. The third kappa shape index (κ3) is 1.75. The van der Waals surface area contributed by atoms with Crippen LogP contribution < -0.4 is 0 Å². The Labute approximate surface area is 127 Å². The summed E-state index contributed by atoms with van der Waals surface area (Å²) in [6.45, 7) is 9.50. The van der Waals surface area contributed by atoms with Gasteiger partial charge in [0.05, 0.1) is 0 Å². The summed E-state index contributed by atoms with van der Waals surface area (Å²) in [7, 11) is -1.47. The van der Waals surface area contributed by atoms with Crippen LogP contribution in [0.1, 0.15) is 16.7 Å². The van der Waals surface area contributed by atoms with E-state index in [-0.39, 0.29) is 0 Å². The number of benzene rings is 2. The average Bonchev–Trinajstić information content (AvgIpc) is 2.91. The lowest BCUT2D eigenvalue weighted by Gasteiger charge is -2.24. The number of hydrogen-bond acceptors (Lipinski definition) is 0. The predicted molar refractivity (Wildman–Crippen MR) is 93.7 cm³/mol. The molecule has 0 amide bonds. The van der Waals surface area contributed by atoms with Crippen molar-refractivity contribution < 1.29 is 0 Å². The fraction of sp³-hybridized carbons (Fsp3) is 0.263. The smallest absolute Gasteiger partial charge is 0.153 e. The Kier molecular flexibility index (Phi) is 2.52. The second kappa shape index (κ2) is 4.11. The molecule has 2 aromatic carbocycles. The first-order chi connectivity index (χ1) is 9.97. The summed E-state index contributed by atoms with van der Waals surface area (Å²) in [5.74, 6) is 0. The predicted octanol–water partition coefficient (Wildman–Crippen LogP) is 5.20. The van der Waals surface area contributed by atoms with Crippen molar-refractivity contribution in [2.24, 2.45) is 0 Å². The number of aryl methyl sites for hydroxylation is 1. The van der Waals surface area contributed by atoms with Gasteiger partial charge in [-0.1, -0.05) is 61.6 Å². The van der Waals surface area contributed by atoms with E-state index in [0.29, 0.717) is 0 Å². The topological polar surface area (TPSA) is 4.93 Å². The summed E-state index contributed by atoms with van der Waals surface area (Å²) in [5.41, 5.74) is 8.77. The van der Waals surface area contributed by atoms with Crippen molar-refractivity contribution in [3.05, 3.63) is 59.2 Å². The highest BCUT2D eigenvalue weighted by Crippen LogP contribution is 2.44. The van der Waals surface area contributed by atoms with Crippen LogP contribution in [0.3, 0.4) is 0 Å². The van der Waals surface area contributed by atoms with E-state index < -0.39 is 8.24 Å². The van der Waals surface area contributed by atoms with E-state index in [9.17, 15) is 0 Å². The first-order valence-corrected chi connectivity index (χ1v) is 11.1. The maximum Gasteiger partial charge on any atom is 0.153 e. The van der Waals surface area contributed by atoms with Gasteiger partial charge in [-0.25, -0.2) is 0 Å². The fourth-order valence-corrected chi connectivity index (χ4v) is 5.60. The van der Waals surface area contributed by atoms with Crippen LogP contribution >= 0.6 is 0 Å². The minimum atomic E-state index is -1.47. The van der Waals surface area contributed by atoms with Crippen molar-refractivity contribution in [3.63, 3.8) is 0 Å². The lowest BCUT2D eigenvalue weighted by molar-refractivity contribution is 1.20. The zero-order valence-corrected chi connectivity index (χ0v) is 14.2. The molecule has 106 valence electrons. The molecule has 0 fully saturated rings. The van der Waals surface area contributed by atoms with Crippen molar-refractivity contribution >= 4 is 19.1 Å². The van der Waals surface area contributed by atoms with Gasteiger partial charge in [-0.05, 0) is 24.1 Å². The SMILES string of the molecule is Cc1ccc2c(c1)Cc1c-2n([Si](C)(C)C)c2ccccc12. The second-order valence-corrected chi connectivity index (χ2v) is 12.0. The third-order valence-corrected chi connectivity index (χ3v) is 6.34. The number of rotatable bonds is 1. The molecule has 1 aromatic heterocycles. The summed E-state index contributed by atoms with van der Waals surface area (Å²) >= 11 is 0. The Hall–Kier alpha value is -1.80. The van der Waals surface area contributed by atoms with Crippen LogP contribution in [-0.2, 0) is 6.42 Å². The number of hydrogen-bond donors (Lipinski definition) is 0. The number of aromatic nitrogens is 1. The molecule has 1 aliphatic carbocycles. The normalized spacial score (nSPS) is 13.5. The Morgan fingerprint density at radius 3 is 2.52 bits per heavy atom. The van der Waals surface area contributed by atoms with E-state index in [0.717, 1.165) is 6.42 Å². The molecule has 2 heteroatoms. The highest BCUT2D eigenvalue weighted by Gasteiger charge is 2.31. The molecule has 1 aliphatic rings. The van der Waals surface area contributed by atoms with Crippen LogP contribution in [0.4, 0.5) is 0 Å². The Bertz CT molecular complexity index is 865. The maximum absolute atomic E-state index is 2.67. The molecule has 0 saturated carbocycles. The van der Waals surface area contributed by atoms with Crippen molar-refractivity contribution in [2.45, 2.75) is 33.0 Å². The van der Waals surface area contributed by atoms with E-state index >= 15 is 0 Å². The number of nitrogens with zero attached hydrogens (tertiary/aromatic N) is 1. The minimum Gasteiger partial charge on any atom is -0.368 e. The second-order valence-electron chi connectivity index (χ2n) is 7.19. The molecular formula is C19H21NSi. The number of fused-ring (bicyclic) bond motifs is 5. The van der Waals surface area contributed by atoms with E-state index in [1.54, 1.807) is 0 Å². The van der Waals surface area contributed by atoms with Crippen molar-refractivity contribution in [1.82, 2.24) is 4.23 Å². The first kappa shape index (κ1) is 12.9. The van der Waals surface area contributed by atoms with Crippen LogP contribution in [0.2, 0.25) is 19.6 Å². The Balaban J connectivity index is 2.14. The molecule has 0 N–H and O–H groups in total. The molecule has 0 unspecified atom stereocenters. The monoisotopic (exact) mass is 291 g/mol. The van der Waals surface area contributed by atoms with Crippen LogP contribution in [0, 0.1) is 6.92 Å². The van der Waals surface area contributed by atoms with Gasteiger partial charge in [0.15, 0.2) is 8.24 Å². The van der Waals surface area contributed by atoms with Gasteiger partial charge in [0, 0.05) is 28.6 Å². The van der Waals surface area contributed by atoms with Crippen LogP contribution in [0.15, 0.2) is 42.5 Å². The van der Waals surface area contributed by atoms with Crippen LogP contribution in [-0.4, -0.2) is 12.5 Å². The lowest BCUT2D eigenvalue weighted by Crippen LogP contribution is -2.32. The minimum absolute atomic E-state index is 1.09. The van der Waals surface area contributed by atoms with Crippen molar-refractivity contribution in [3.8, 4) is 11.3 Å². The summed E-state index contributed by atoms with van der Waals surface area (Å²) in [5, 5.41) is 1.45. The number of para-hydroxylation sites is 1. The molecule has 0 radical (unpaired) electrons. The van der Waals surface area contributed by atoms with Crippen LogP contribution in [0.5, 0.6) is 0 Å².